The maximum atomic E-state index is 4.69. The first-order valence-corrected chi connectivity index (χ1v) is 18.5. The average molecular weight is 649 g/mol. The van der Waals surface area contributed by atoms with Crippen molar-refractivity contribution < 1.29 is 0 Å². The maximum absolute atomic E-state index is 4.69. The highest BCUT2D eigenvalue weighted by Gasteiger charge is 2.41. The van der Waals surface area contributed by atoms with Crippen LogP contribution in [0.3, 0.4) is 0 Å². The van der Waals surface area contributed by atoms with E-state index in [-0.39, 0.29) is 0 Å². The molecule has 48 heavy (non-hydrogen) atoms. The van der Waals surface area contributed by atoms with Gasteiger partial charge in [-0.15, -0.1) is 23.1 Å². The van der Waals surface area contributed by atoms with Crippen molar-refractivity contribution in [1.29, 1.82) is 0 Å². The number of thioether (sulfide) groups is 1. The number of hydrogen-bond acceptors (Lipinski definition) is 2. The van der Waals surface area contributed by atoms with E-state index in [2.05, 4.69) is 146 Å². The standard InChI is InChI=1S/C46H32S2/c1-27-13-3-4-14-29(27)25-28(2)42-31-16-5-7-18-33(31)43(34-19-8-6-17-32(34)42)39-26-38-35(44-37-20-10-12-22-41(37)48-46(39)44)23-24-36-30-15-9-11-21-40(30)47-45(36)38/h3-5,7,9-26,44,46H,1-2,6,8H2/b29-25-. The molecule has 7 aromatic rings. The lowest BCUT2D eigenvalue weighted by Crippen LogP contribution is -2.36. The lowest BCUT2D eigenvalue weighted by atomic mass is 9.75. The fraction of sp³-hybridized carbons (Fsp3) is 0.0870. The van der Waals surface area contributed by atoms with Crippen molar-refractivity contribution in [1.82, 2.24) is 0 Å². The van der Waals surface area contributed by atoms with E-state index < -0.39 is 0 Å². The zero-order chi connectivity index (χ0) is 31.9. The summed E-state index contributed by atoms with van der Waals surface area (Å²) in [6.07, 6.45) is 11.8. The Hall–Kier alpha value is -4.89. The molecule has 0 fully saturated rings. The molecule has 0 saturated carbocycles. The van der Waals surface area contributed by atoms with E-state index in [9.17, 15) is 0 Å². The number of hydrogen-bond donors (Lipinski definition) is 0. The molecule has 0 bridgehead atoms. The quantitative estimate of drug-likeness (QED) is 0.184. The van der Waals surface area contributed by atoms with Gasteiger partial charge in [0, 0.05) is 36.2 Å². The van der Waals surface area contributed by atoms with Gasteiger partial charge in [-0.2, -0.15) is 0 Å². The summed E-state index contributed by atoms with van der Waals surface area (Å²) in [5, 5.41) is 10.4. The molecule has 6 aromatic carbocycles. The first kappa shape index (κ1) is 28.2. The lowest BCUT2D eigenvalue weighted by Gasteiger charge is -2.31. The minimum absolute atomic E-state index is 0.295. The van der Waals surface area contributed by atoms with Gasteiger partial charge in [-0.3, -0.25) is 0 Å². The molecule has 0 N–H and O–H groups in total. The first-order valence-electron chi connectivity index (χ1n) is 16.8. The predicted octanol–water partition coefficient (Wildman–Crippen LogP) is 9.63. The third kappa shape index (κ3) is 4.09. The third-order valence-corrected chi connectivity index (χ3v) is 13.1. The summed E-state index contributed by atoms with van der Waals surface area (Å²) >= 11 is 3.99. The Kier molecular flexibility index (Phi) is 6.34. The Morgan fingerprint density at radius 1 is 0.688 bits per heavy atom. The van der Waals surface area contributed by atoms with Crippen LogP contribution in [0.15, 0.2) is 121 Å². The fourth-order valence-electron chi connectivity index (χ4n) is 8.43. The van der Waals surface area contributed by atoms with Crippen LogP contribution >= 0.6 is 23.1 Å². The van der Waals surface area contributed by atoms with Gasteiger partial charge in [0.2, 0.25) is 0 Å². The predicted molar refractivity (Wildman–Crippen MR) is 211 cm³/mol. The van der Waals surface area contributed by atoms with Gasteiger partial charge in [0.15, 0.2) is 0 Å². The van der Waals surface area contributed by atoms with E-state index in [1.807, 2.05) is 17.4 Å². The van der Waals surface area contributed by atoms with Crippen LogP contribution in [0, 0.1) is 0 Å². The molecule has 0 nitrogen and oxygen atoms in total. The zero-order valence-corrected chi connectivity index (χ0v) is 28.1. The third-order valence-electron chi connectivity index (χ3n) is 10.5. The zero-order valence-electron chi connectivity index (χ0n) is 26.5. The minimum atomic E-state index is 0.295. The van der Waals surface area contributed by atoms with Crippen LogP contribution in [0.2, 0.25) is 0 Å². The first-order chi connectivity index (χ1) is 23.7. The number of allylic oxidation sites excluding steroid dienone is 1. The molecule has 2 aliphatic carbocycles. The molecule has 2 unspecified atom stereocenters. The van der Waals surface area contributed by atoms with E-state index in [0.717, 1.165) is 28.9 Å². The summed E-state index contributed by atoms with van der Waals surface area (Å²) in [7, 11) is 0. The van der Waals surface area contributed by atoms with E-state index in [1.54, 1.807) is 0 Å². The van der Waals surface area contributed by atoms with Crippen LogP contribution in [-0.4, -0.2) is 5.25 Å². The molecule has 2 atom stereocenters. The molecule has 10 rings (SSSR count). The Morgan fingerprint density at radius 2 is 1.42 bits per heavy atom. The topological polar surface area (TPSA) is 0 Å². The number of fused-ring (bicyclic) bond motifs is 11. The Balaban J connectivity index is 1.31. The second kappa shape index (κ2) is 10.8. The van der Waals surface area contributed by atoms with Crippen molar-refractivity contribution in [3.8, 4) is 0 Å². The summed E-state index contributed by atoms with van der Waals surface area (Å²) in [6.45, 7) is 8.99. The number of thiophene rings is 1. The Morgan fingerprint density at radius 3 is 2.29 bits per heavy atom. The van der Waals surface area contributed by atoms with Crippen molar-refractivity contribution in [2.45, 2.75) is 28.9 Å². The summed E-state index contributed by atoms with van der Waals surface area (Å²) in [5.74, 6) is 0.300. The van der Waals surface area contributed by atoms with E-state index in [1.165, 1.54) is 79.7 Å². The molecule has 3 aliphatic rings. The molecular weight excluding hydrogens is 617 g/mol. The molecular formula is C46H32S2. The molecule has 228 valence electrons. The average Bonchev–Trinajstić information content (AvgIpc) is 3.71. The van der Waals surface area contributed by atoms with Gasteiger partial charge in [0.1, 0.15) is 0 Å². The molecule has 1 aromatic heterocycles. The monoisotopic (exact) mass is 648 g/mol. The van der Waals surface area contributed by atoms with Gasteiger partial charge in [-0.25, -0.2) is 0 Å². The van der Waals surface area contributed by atoms with Crippen LogP contribution in [0.4, 0.5) is 0 Å². The summed E-state index contributed by atoms with van der Waals surface area (Å²) in [4.78, 5) is 1.41. The fourth-order valence-corrected chi connectivity index (χ4v) is 11.2. The second-order valence-electron chi connectivity index (χ2n) is 13.2. The van der Waals surface area contributed by atoms with Crippen molar-refractivity contribution >= 4 is 96.1 Å². The largest absolute Gasteiger partial charge is 0.135 e. The smallest absolute Gasteiger partial charge is 0.0461 e. The Bertz CT molecular complexity index is 2810. The van der Waals surface area contributed by atoms with E-state index >= 15 is 0 Å². The van der Waals surface area contributed by atoms with Gasteiger partial charge in [0.05, 0.1) is 0 Å². The summed E-state index contributed by atoms with van der Waals surface area (Å²) < 4.78 is 2.76. The lowest BCUT2D eigenvalue weighted by molar-refractivity contribution is 0.857. The van der Waals surface area contributed by atoms with Crippen LogP contribution in [0.5, 0.6) is 0 Å². The summed E-state index contributed by atoms with van der Waals surface area (Å²) in [6, 6.07) is 40.2. The molecule has 1 aliphatic heterocycles. The molecule has 0 saturated heterocycles. The highest BCUT2D eigenvalue weighted by atomic mass is 32.2. The van der Waals surface area contributed by atoms with Crippen molar-refractivity contribution in [2.24, 2.45) is 0 Å². The molecule has 2 heterocycles. The van der Waals surface area contributed by atoms with Crippen molar-refractivity contribution in [3.05, 3.63) is 164 Å². The highest BCUT2D eigenvalue weighted by Crippen LogP contribution is 2.58. The van der Waals surface area contributed by atoms with E-state index in [0.29, 0.717) is 11.2 Å². The molecule has 2 heteroatoms. The summed E-state index contributed by atoms with van der Waals surface area (Å²) in [5.41, 5.74) is 9.43. The molecule has 0 radical (unpaired) electrons. The highest BCUT2D eigenvalue weighted by molar-refractivity contribution is 8.00. The van der Waals surface area contributed by atoms with Crippen LogP contribution in [0.25, 0.3) is 73.0 Å². The van der Waals surface area contributed by atoms with Gasteiger partial charge in [0.25, 0.3) is 0 Å². The van der Waals surface area contributed by atoms with Gasteiger partial charge < -0.3 is 0 Å². The second-order valence-corrected chi connectivity index (χ2v) is 15.4. The molecule has 0 spiro atoms. The molecule has 0 amide bonds. The number of rotatable bonds is 3. The van der Waals surface area contributed by atoms with Crippen LogP contribution in [-0.2, 0) is 0 Å². The van der Waals surface area contributed by atoms with Gasteiger partial charge in [-0.1, -0.05) is 122 Å². The van der Waals surface area contributed by atoms with Crippen LogP contribution in [0.1, 0.15) is 46.6 Å². The normalized spacial score (nSPS) is 18.1. The van der Waals surface area contributed by atoms with Gasteiger partial charge >= 0.3 is 0 Å². The maximum Gasteiger partial charge on any atom is 0.0461 e. The van der Waals surface area contributed by atoms with E-state index in [4.69, 9.17) is 6.58 Å². The SMILES string of the molecule is C=C(/C=c1/ccccc1=C)c1c2c(c(C3=Cc4c(ccc5c4sc4ccccc45)C4c5ccccc5SC34)c3ccccc13)=CCCC=2. The minimum Gasteiger partial charge on any atom is -0.135 e. The Labute approximate surface area is 288 Å². The number of benzene rings is 6. The van der Waals surface area contributed by atoms with Gasteiger partial charge in [-0.05, 0) is 108 Å². The van der Waals surface area contributed by atoms with Crippen LogP contribution < -0.4 is 20.9 Å². The van der Waals surface area contributed by atoms with Crippen molar-refractivity contribution in [2.75, 3.05) is 0 Å². The van der Waals surface area contributed by atoms with Crippen molar-refractivity contribution in [3.63, 3.8) is 0 Å².